The van der Waals surface area contributed by atoms with E-state index < -0.39 is 35.7 Å². The van der Waals surface area contributed by atoms with Gasteiger partial charge < -0.3 is 37.5 Å². The molecule has 0 radical (unpaired) electrons. The summed E-state index contributed by atoms with van der Waals surface area (Å²) in [6.07, 6.45) is 3.30. The molecule has 8 nitrogen and oxygen atoms in total. The highest BCUT2D eigenvalue weighted by Gasteiger charge is 2.29. The number of halogens is 1. The van der Waals surface area contributed by atoms with Crippen molar-refractivity contribution in [2.24, 2.45) is 0 Å². The SMILES string of the molecule is C[S+](C)CC(=O)CC[C@H](NC(=O)[C@H](Cc1ccccc1)NC(=O)OC(C)(C)C)C(=O)O.[Br-]. The molecule has 0 fully saturated rings. The molecular weight excluding hydrogens is 500 g/mol. The first-order valence-electron chi connectivity index (χ1n) is 10.00. The van der Waals surface area contributed by atoms with E-state index in [4.69, 9.17) is 4.74 Å². The molecule has 0 unspecified atom stereocenters. The van der Waals surface area contributed by atoms with Crippen molar-refractivity contribution < 1.29 is 46.0 Å². The van der Waals surface area contributed by atoms with Crippen molar-refractivity contribution in [2.75, 3.05) is 18.3 Å². The molecule has 1 aromatic carbocycles. The van der Waals surface area contributed by atoms with E-state index in [9.17, 15) is 24.3 Å². The largest absolute Gasteiger partial charge is 1.00 e. The molecule has 2 amide bonds. The maximum atomic E-state index is 12.9. The van der Waals surface area contributed by atoms with Crippen LogP contribution >= 0.6 is 0 Å². The zero-order valence-corrected chi connectivity index (χ0v) is 21.5. The highest BCUT2D eigenvalue weighted by atomic mass is 79.9. The fraction of sp³-hybridized carbons (Fsp3) is 0.545. The number of carboxylic acid groups (broad SMARTS) is 1. The minimum Gasteiger partial charge on any atom is -1.00 e. The smallest absolute Gasteiger partial charge is 0.408 e. The Kier molecular flexibility index (Phi) is 13.2. The van der Waals surface area contributed by atoms with Crippen molar-refractivity contribution >= 4 is 34.6 Å². The average Bonchev–Trinajstić information content (AvgIpc) is 2.62. The summed E-state index contributed by atoms with van der Waals surface area (Å²) in [5.41, 5.74) is 0.0394. The van der Waals surface area contributed by atoms with Crippen LogP contribution in [0, 0.1) is 0 Å². The van der Waals surface area contributed by atoms with Gasteiger partial charge in [0.25, 0.3) is 0 Å². The quantitative estimate of drug-likeness (QED) is 0.312. The third-order valence-corrected chi connectivity index (χ3v) is 4.97. The number of carbonyl (C=O) groups excluding carboxylic acids is 3. The van der Waals surface area contributed by atoms with Gasteiger partial charge in [0.2, 0.25) is 5.91 Å². The molecule has 0 saturated carbocycles. The van der Waals surface area contributed by atoms with Crippen LogP contribution in [0.2, 0.25) is 0 Å². The van der Waals surface area contributed by atoms with E-state index in [-0.39, 0.29) is 52.9 Å². The fourth-order valence-corrected chi connectivity index (χ4v) is 3.53. The van der Waals surface area contributed by atoms with Crippen LogP contribution < -0.4 is 27.6 Å². The maximum Gasteiger partial charge on any atom is 0.408 e. The molecule has 0 aromatic heterocycles. The van der Waals surface area contributed by atoms with E-state index in [1.54, 1.807) is 45.0 Å². The Morgan fingerprint density at radius 2 is 1.62 bits per heavy atom. The topological polar surface area (TPSA) is 122 Å². The van der Waals surface area contributed by atoms with Gasteiger partial charge in [-0.15, -0.1) is 0 Å². The van der Waals surface area contributed by atoms with Crippen molar-refractivity contribution in [3.8, 4) is 0 Å². The minimum atomic E-state index is -1.23. The summed E-state index contributed by atoms with van der Waals surface area (Å²) in [6.45, 7) is 5.11. The molecule has 1 aromatic rings. The number of amides is 2. The first-order chi connectivity index (χ1) is 14.4. The van der Waals surface area contributed by atoms with E-state index in [1.807, 2.05) is 18.6 Å². The van der Waals surface area contributed by atoms with Gasteiger partial charge in [-0.3, -0.25) is 9.59 Å². The Bertz CT molecular complexity index is 767. The standard InChI is InChI=1S/C22H32N2O6S.BrH/c1-22(2,3)30-21(29)24-18(13-15-9-7-6-8-10-15)19(26)23-17(20(27)28)12-11-16(25)14-31(4)5;/h6-10,17-18H,11-14H2,1-5H3,(H2-,23,24,26,27,28,29);1H/t17-,18-;/m0./s1. The third-order valence-electron chi connectivity index (χ3n) is 4.07. The first-order valence-corrected chi connectivity index (χ1v) is 12.2. The summed E-state index contributed by atoms with van der Waals surface area (Å²) in [6, 6.07) is 6.78. The second kappa shape index (κ2) is 14.2. The molecule has 0 heterocycles. The van der Waals surface area contributed by atoms with E-state index in [0.717, 1.165) is 5.56 Å². The van der Waals surface area contributed by atoms with E-state index in [0.29, 0.717) is 5.75 Å². The van der Waals surface area contributed by atoms with E-state index in [1.165, 1.54) is 0 Å². The summed E-state index contributed by atoms with van der Waals surface area (Å²) in [4.78, 5) is 48.7. The molecule has 1 rings (SSSR count). The molecule has 2 atom stereocenters. The molecule has 0 bridgehead atoms. The summed E-state index contributed by atoms with van der Waals surface area (Å²) < 4.78 is 5.23. The Morgan fingerprint density at radius 3 is 2.12 bits per heavy atom. The van der Waals surface area contributed by atoms with Gasteiger partial charge in [0, 0.05) is 12.8 Å². The van der Waals surface area contributed by atoms with Crippen molar-refractivity contribution in [3.05, 3.63) is 35.9 Å². The number of ketones is 1. The Hall–Kier alpha value is -2.07. The molecular formula is C22H33BrN2O6S. The number of Topliss-reactive ketones (excluding diaryl/α,β-unsaturated/α-hetero) is 1. The molecule has 0 aliphatic rings. The fourth-order valence-electron chi connectivity index (χ4n) is 2.74. The lowest BCUT2D eigenvalue weighted by molar-refractivity contribution is -0.142. The number of alkyl carbamates (subject to hydrolysis) is 1. The van der Waals surface area contributed by atoms with E-state index in [2.05, 4.69) is 10.6 Å². The van der Waals surface area contributed by atoms with Gasteiger partial charge in [-0.2, -0.15) is 0 Å². The first kappa shape index (κ1) is 29.9. The number of hydrogen-bond donors (Lipinski definition) is 3. The Labute approximate surface area is 203 Å². The van der Waals surface area contributed by atoms with Crippen LogP contribution in [0.4, 0.5) is 4.79 Å². The van der Waals surface area contributed by atoms with Gasteiger partial charge in [0.1, 0.15) is 17.7 Å². The normalized spacial score (nSPS) is 12.8. The second-order valence-electron chi connectivity index (χ2n) is 8.50. The monoisotopic (exact) mass is 532 g/mol. The molecule has 3 N–H and O–H groups in total. The predicted molar refractivity (Wildman–Crippen MR) is 121 cm³/mol. The number of ether oxygens (including phenoxy) is 1. The summed E-state index contributed by atoms with van der Waals surface area (Å²) in [5.74, 6) is -1.54. The highest BCUT2D eigenvalue weighted by molar-refractivity contribution is 7.96. The van der Waals surface area contributed by atoms with Crippen molar-refractivity contribution in [2.45, 2.75) is 57.7 Å². The Morgan fingerprint density at radius 1 is 1.03 bits per heavy atom. The van der Waals surface area contributed by atoms with E-state index >= 15 is 0 Å². The molecule has 0 aliphatic heterocycles. The minimum absolute atomic E-state index is 0. The van der Waals surface area contributed by atoms with Gasteiger partial charge in [0.05, 0.1) is 12.5 Å². The summed E-state index contributed by atoms with van der Waals surface area (Å²) >= 11 is 0. The number of carboxylic acids is 1. The molecule has 180 valence electrons. The molecule has 0 aliphatic carbocycles. The van der Waals surface area contributed by atoms with Crippen LogP contribution in [0.1, 0.15) is 39.2 Å². The van der Waals surface area contributed by atoms with Crippen molar-refractivity contribution in [1.82, 2.24) is 10.6 Å². The number of benzene rings is 1. The zero-order valence-electron chi connectivity index (χ0n) is 19.1. The lowest BCUT2D eigenvalue weighted by atomic mass is 10.0. The molecule has 10 heteroatoms. The van der Waals surface area contributed by atoms with Gasteiger partial charge in [0.15, 0.2) is 11.5 Å². The number of aliphatic carboxylic acids is 1. The van der Waals surface area contributed by atoms with Crippen molar-refractivity contribution in [3.63, 3.8) is 0 Å². The molecule has 32 heavy (non-hydrogen) atoms. The van der Waals surface area contributed by atoms with Crippen LogP contribution in [-0.2, 0) is 36.4 Å². The third kappa shape index (κ3) is 12.7. The number of hydrogen-bond acceptors (Lipinski definition) is 5. The highest BCUT2D eigenvalue weighted by Crippen LogP contribution is 2.09. The van der Waals surface area contributed by atoms with Gasteiger partial charge in [-0.05, 0) is 43.7 Å². The number of nitrogens with one attached hydrogen (secondary N) is 2. The van der Waals surface area contributed by atoms with Crippen LogP contribution in [0.15, 0.2) is 30.3 Å². The molecule has 0 saturated heterocycles. The lowest BCUT2D eigenvalue weighted by Gasteiger charge is -2.24. The zero-order chi connectivity index (χ0) is 23.6. The number of rotatable bonds is 11. The van der Waals surface area contributed by atoms with Gasteiger partial charge in [-0.1, -0.05) is 30.3 Å². The van der Waals surface area contributed by atoms with Crippen molar-refractivity contribution in [1.29, 1.82) is 0 Å². The summed E-state index contributed by atoms with van der Waals surface area (Å²) in [7, 11) is -0.0728. The average molecular weight is 533 g/mol. The predicted octanol–water partition coefficient (Wildman–Crippen LogP) is -1.08. The second-order valence-corrected chi connectivity index (χ2v) is 10.8. The lowest BCUT2D eigenvalue weighted by Crippen LogP contribution is -3.00. The van der Waals surface area contributed by atoms with Crippen LogP contribution in [-0.4, -0.2) is 64.8 Å². The van der Waals surface area contributed by atoms with Crippen LogP contribution in [0.5, 0.6) is 0 Å². The Balaban J connectivity index is 0.00000961. The maximum absolute atomic E-state index is 12.9. The molecule has 0 spiro atoms. The van der Waals surface area contributed by atoms with Crippen LogP contribution in [0.25, 0.3) is 0 Å². The van der Waals surface area contributed by atoms with Gasteiger partial charge >= 0.3 is 12.1 Å². The van der Waals surface area contributed by atoms with Gasteiger partial charge in [-0.25, -0.2) is 9.59 Å². The summed E-state index contributed by atoms with van der Waals surface area (Å²) in [5, 5.41) is 14.5. The van der Waals surface area contributed by atoms with Crippen LogP contribution in [0.3, 0.4) is 0 Å². The number of carbonyl (C=O) groups is 4.